The zero-order valence-electron chi connectivity index (χ0n) is 12.4. The maximum Gasteiger partial charge on any atom is 0.238 e. The zero-order valence-corrected chi connectivity index (χ0v) is 12.4. The molecule has 1 atom stereocenters. The Morgan fingerprint density at radius 2 is 1.71 bits per heavy atom. The Labute approximate surface area is 125 Å². The summed E-state index contributed by atoms with van der Waals surface area (Å²) in [5.74, 6) is -0.130. The van der Waals surface area contributed by atoms with Gasteiger partial charge in [0.25, 0.3) is 0 Å². The van der Waals surface area contributed by atoms with E-state index in [9.17, 15) is 9.18 Å². The van der Waals surface area contributed by atoms with Crippen LogP contribution in [0.1, 0.15) is 56.7 Å². The molecule has 1 aromatic carbocycles. The molecule has 3 rings (SSSR count). The van der Waals surface area contributed by atoms with Gasteiger partial charge in [0.1, 0.15) is 12.0 Å². The topological polar surface area (TPSA) is 32.3 Å². The van der Waals surface area contributed by atoms with Crippen LogP contribution in [0, 0.1) is 5.82 Å². The molecule has 1 unspecified atom stereocenters. The van der Waals surface area contributed by atoms with E-state index >= 15 is 0 Å². The molecule has 1 amide bonds. The molecule has 1 heterocycles. The first kappa shape index (κ1) is 14.5. The van der Waals surface area contributed by atoms with Gasteiger partial charge in [0.15, 0.2) is 0 Å². The van der Waals surface area contributed by atoms with E-state index in [0.29, 0.717) is 12.1 Å². The first-order chi connectivity index (χ1) is 10.3. The van der Waals surface area contributed by atoms with Gasteiger partial charge in [0.2, 0.25) is 5.91 Å². The number of benzene rings is 1. The smallest absolute Gasteiger partial charge is 0.238 e. The van der Waals surface area contributed by atoms with Crippen molar-refractivity contribution in [2.24, 2.45) is 0 Å². The Kier molecular flexibility index (Phi) is 4.54. The summed E-state index contributed by atoms with van der Waals surface area (Å²) < 4.78 is 14.1. The van der Waals surface area contributed by atoms with E-state index in [4.69, 9.17) is 0 Å². The van der Waals surface area contributed by atoms with E-state index in [-0.39, 0.29) is 23.9 Å². The highest BCUT2D eigenvalue weighted by molar-refractivity contribution is 5.81. The van der Waals surface area contributed by atoms with Gasteiger partial charge < -0.3 is 4.90 Å². The third kappa shape index (κ3) is 3.10. The van der Waals surface area contributed by atoms with Gasteiger partial charge in [-0.15, -0.1) is 0 Å². The van der Waals surface area contributed by atoms with Crippen molar-refractivity contribution in [3.63, 3.8) is 0 Å². The Bertz CT molecular complexity index is 497. The molecule has 1 aromatic rings. The van der Waals surface area contributed by atoms with E-state index in [1.54, 1.807) is 12.1 Å². The van der Waals surface area contributed by atoms with E-state index < -0.39 is 0 Å². The van der Waals surface area contributed by atoms with Gasteiger partial charge in [0.05, 0.1) is 6.54 Å². The summed E-state index contributed by atoms with van der Waals surface area (Å²) in [6.07, 6.45) is 7.90. The Balaban J connectivity index is 1.83. The number of carbonyl (C=O) groups is 1. The number of carbonyl (C=O) groups excluding carboxylic acids is 1. The molecule has 0 spiro atoms. The van der Waals surface area contributed by atoms with Crippen molar-refractivity contribution in [2.45, 2.75) is 57.2 Å². The molecule has 2 aliphatic rings. The summed E-state index contributed by atoms with van der Waals surface area (Å²) in [6, 6.07) is 7.02. The van der Waals surface area contributed by atoms with Gasteiger partial charge in [0, 0.05) is 11.6 Å². The predicted molar refractivity (Wildman–Crippen MR) is 80.1 cm³/mol. The maximum atomic E-state index is 14.1. The summed E-state index contributed by atoms with van der Waals surface area (Å²) in [5, 5.41) is 3.18. The average Bonchev–Trinajstić information content (AvgIpc) is 2.81. The van der Waals surface area contributed by atoms with Crippen LogP contribution in [0.2, 0.25) is 0 Å². The lowest BCUT2D eigenvalue weighted by Crippen LogP contribution is -2.40. The van der Waals surface area contributed by atoms with Crippen molar-refractivity contribution in [2.75, 3.05) is 6.54 Å². The van der Waals surface area contributed by atoms with Crippen LogP contribution in [0.15, 0.2) is 24.3 Å². The lowest BCUT2D eigenvalue weighted by atomic mass is 9.95. The van der Waals surface area contributed by atoms with Crippen molar-refractivity contribution in [1.82, 2.24) is 10.2 Å². The second-order valence-electron chi connectivity index (χ2n) is 6.10. The SMILES string of the molecule is O=C1CNC(c2ccccc2F)N1C1CCCCCCC1. The summed E-state index contributed by atoms with van der Waals surface area (Å²) >= 11 is 0. The van der Waals surface area contributed by atoms with Gasteiger partial charge in [-0.25, -0.2) is 4.39 Å². The number of nitrogens with one attached hydrogen (secondary N) is 1. The van der Waals surface area contributed by atoms with Crippen molar-refractivity contribution in [3.8, 4) is 0 Å². The minimum atomic E-state index is -0.303. The predicted octanol–water partition coefficient (Wildman–Crippen LogP) is 3.37. The second kappa shape index (κ2) is 6.56. The highest BCUT2D eigenvalue weighted by Crippen LogP contribution is 2.31. The van der Waals surface area contributed by atoms with E-state index in [1.165, 1.54) is 38.2 Å². The third-order valence-corrected chi connectivity index (χ3v) is 4.68. The molecule has 21 heavy (non-hydrogen) atoms. The molecule has 4 heteroatoms. The van der Waals surface area contributed by atoms with Crippen molar-refractivity contribution in [3.05, 3.63) is 35.6 Å². The monoisotopic (exact) mass is 290 g/mol. The molecule has 1 saturated heterocycles. The normalized spacial score (nSPS) is 24.9. The lowest BCUT2D eigenvalue weighted by Gasteiger charge is -2.34. The molecule has 2 fully saturated rings. The molecule has 0 aromatic heterocycles. The molecule has 1 N–H and O–H groups in total. The van der Waals surface area contributed by atoms with Crippen LogP contribution in [0.4, 0.5) is 4.39 Å². The zero-order chi connectivity index (χ0) is 14.7. The second-order valence-corrected chi connectivity index (χ2v) is 6.10. The highest BCUT2D eigenvalue weighted by atomic mass is 19.1. The van der Waals surface area contributed by atoms with Crippen LogP contribution < -0.4 is 5.32 Å². The number of hydrogen-bond acceptors (Lipinski definition) is 2. The van der Waals surface area contributed by atoms with Crippen LogP contribution in [-0.4, -0.2) is 23.4 Å². The maximum absolute atomic E-state index is 14.1. The van der Waals surface area contributed by atoms with Crippen molar-refractivity contribution in [1.29, 1.82) is 0 Å². The van der Waals surface area contributed by atoms with Gasteiger partial charge in [-0.3, -0.25) is 10.1 Å². The Hall–Kier alpha value is -1.42. The minimum Gasteiger partial charge on any atom is -0.319 e. The molecular weight excluding hydrogens is 267 g/mol. The first-order valence-electron chi connectivity index (χ1n) is 8.06. The summed E-state index contributed by atoms with van der Waals surface area (Å²) in [5.41, 5.74) is 0.588. The standard InChI is InChI=1S/C17H23FN2O/c18-15-11-7-6-10-14(15)17-19-12-16(21)20(17)13-8-4-2-1-3-5-9-13/h6-7,10-11,13,17,19H,1-5,8-9,12H2. The average molecular weight is 290 g/mol. The molecule has 0 radical (unpaired) electrons. The number of amides is 1. The molecule has 114 valence electrons. The van der Waals surface area contributed by atoms with Crippen LogP contribution >= 0.6 is 0 Å². The molecule has 1 aliphatic heterocycles. The van der Waals surface area contributed by atoms with Gasteiger partial charge in [-0.2, -0.15) is 0 Å². The number of nitrogens with zero attached hydrogens (tertiary/aromatic N) is 1. The van der Waals surface area contributed by atoms with Crippen LogP contribution in [0.25, 0.3) is 0 Å². The lowest BCUT2D eigenvalue weighted by molar-refractivity contribution is -0.130. The van der Waals surface area contributed by atoms with Crippen molar-refractivity contribution < 1.29 is 9.18 Å². The fraction of sp³-hybridized carbons (Fsp3) is 0.588. The van der Waals surface area contributed by atoms with Gasteiger partial charge in [-0.1, -0.05) is 50.3 Å². The molecule has 1 saturated carbocycles. The number of rotatable bonds is 2. The third-order valence-electron chi connectivity index (χ3n) is 4.68. The minimum absolute atomic E-state index is 0.105. The number of hydrogen-bond donors (Lipinski definition) is 1. The summed E-state index contributed by atoms with van der Waals surface area (Å²) in [7, 11) is 0. The molecule has 3 nitrogen and oxygen atoms in total. The summed E-state index contributed by atoms with van der Waals surface area (Å²) in [6.45, 7) is 0.315. The van der Waals surface area contributed by atoms with E-state index in [1.807, 2.05) is 11.0 Å². The highest BCUT2D eigenvalue weighted by Gasteiger charge is 2.37. The van der Waals surface area contributed by atoms with Gasteiger partial charge in [-0.05, 0) is 18.9 Å². The fourth-order valence-corrected chi connectivity index (χ4v) is 3.60. The first-order valence-corrected chi connectivity index (χ1v) is 8.06. The van der Waals surface area contributed by atoms with Gasteiger partial charge >= 0.3 is 0 Å². The van der Waals surface area contributed by atoms with Crippen LogP contribution in [-0.2, 0) is 4.79 Å². The largest absolute Gasteiger partial charge is 0.319 e. The van der Waals surface area contributed by atoms with E-state index in [0.717, 1.165) is 12.8 Å². The Morgan fingerprint density at radius 1 is 1.05 bits per heavy atom. The quantitative estimate of drug-likeness (QED) is 0.905. The fourth-order valence-electron chi connectivity index (χ4n) is 3.60. The van der Waals surface area contributed by atoms with Crippen LogP contribution in [0.5, 0.6) is 0 Å². The van der Waals surface area contributed by atoms with Crippen LogP contribution in [0.3, 0.4) is 0 Å². The molecule has 1 aliphatic carbocycles. The molecule has 0 bridgehead atoms. The molecular formula is C17H23FN2O. The number of halogens is 1. The Morgan fingerprint density at radius 3 is 2.43 bits per heavy atom. The summed E-state index contributed by atoms with van der Waals surface area (Å²) in [4.78, 5) is 14.2. The van der Waals surface area contributed by atoms with E-state index in [2.05, 4.69) is 5.32 Å². The van der Waals surface area contributed by atoms with Crippen molar-refractivity contribution >= 4 is 5.91 Å².